The molecule has 35 heavy (non-hydrogen) atoms. The molecule has 0 aliphatic heterocycles. The first-order valence-electron chi connectivity index (χ1n) is 10.5. The van der Waals surface area contributed by atoms with Gasteiger partial charge < -0.3 is 9.47 Å². The van der Waals surface area contributed by atoms with E-state index in [1.807, 2.05) is 13.0 Å². The van der Waals surface area contributed by atoms with Crippen molar-refractivity contribution < 1.29 is 22.7 Å². The van der Waals surface area contributed by atoms with Crippen molar-refractivity contribution in [3.8, 4) is 28.7 Å². The van der Waals surface area contributed by atoms with E-state index < -0.39 is 15.9 Å². The predicted octanol–water partition coefficient (Wildman–Crippen LogP) is 2.91. The van der Waals surface area contributed by atoms with E-state index in [2.05, 4.69) is 19.9 Å². The van der Waals surface area contributed by atoms with E-state index in [1.165, 1.54) is 18.8 Å². The number of nitrogens with zero attached hydrogens (tertiary/aromatic N) is 4. The second-order valence-corrected chi connectivity index (χ2v) is 9.26. The number of hydrogen-bond acceptors (Lipinski definition) is 8. The molecule has 0 bridgehead atoms. The average Bonchev–Trinajstić information content (AvgIpc) is 3.28. The van der Waals surface area contributed by atoms with Gasteiger partial charge in [0.05, 0.1) is 20.0 Å². The van der Waals surface area contributed by atoms with Crippen molar-refractivity contribution >= 4 is 15.9 Å². The van der Waals surface area contributed by atoms with Gasteiger partial charge in [0, 0.05) is 5.69 Å². The Bertz CT molecular complexity index is 1450. The molecule has 4 aromatic rings. The number of pyridine rings is 1. The summed E-state index contributed by atoms with van der Waals surface area (Å²) in [5.41, 5.74) is 2.01. The molecular weight excluding hydrogens is 470 g/mol. The monoisotopic (exact) mass is 493 g/mol. The maximum absolute atomic E-state index is 13.2. The quantitative estimate of drug-likeness (QED) is 0.397. The van der Waals surface area contributed by atoms with Crippen LogP contribution in [0.4, 0.5) is 0 Å². The highest BCUT2D eigenvalue weighted by molar-refractivity contribution is 7.89. The van der Waals surface area contributed by atoms with Crippen LogP contribution in [0.25, 0.3) is 17.2 Å². The highest BCUT2D eigenvalue weighted by Gasteiger charge is 2.28. The van der Waals surface area contributed by atoms with E-state index in [0.29, 0.717) is 28.4 Å². The highest BCUT2D eigenvalue weighted by Crippen LogP contribution is 2.36. The van der Waals surface area contributed by atoms with Crippen LogP contribution in [0.15, 0.2) is 66.7 Å². The fraction of sp³-hybridized carbons (Fsp3) is 0.167. The van der Waals surface area contributed by atoms with Crippen LogP contribution in [0.5, 0.6) is 11.5 Å². The number of benzene rings is 2. The Morgan fingerprint density at radius 2 is 1.57 bits per heavy atom. The van der Waals surface area contributed by atoms with Crippen molar-refractivity contribution in [1.82, 2.24) is 24.5 Å². The van der Waals surface area contributed by atoms with Gasteiger partial charge in [-0.25, -0.2) is 18.1 Å². The maximum atomic E-state index is 13.2. The van der Waals surface area contributed by atoms with Crippen molar-refractivity contribution in [1.29, 1.82) is 0 Å². The molecule has 0 fully saturated rings. The van der Waals surface area contributed by atoms with Crippen LogP contribution in [0.2, 0.25) is 0 Å². The summed E-state index contributed by atoms with van der Waals surface area (Å²) in [5, 5.41) is 8.20. The van der Waals surface area contributed by atoms with Gasteiger partial charge in [-0.3, -0.25) is 9.36 Å². The number of aryl methyl sites for hydroxylation is 1. The molecule has 2 aromatic heterocycles. The van der Waals surface area contributed by atoms with Gasteiger partial charge in [-0.15, -0.1) is 10.2 Å². The Morgan fingerprint density at radius 3 is 2.20 bits per heavy atom. The zero-order valence-corrected chi connectivity index (χ0v) is 20.1. The van der Waals surface area contributed by atoms with E-state index in [4.69, 9.17) is 9.47 Å². The van der Waals surface area contributed by atoms with Crippen LogP contribution in [-0.2, 0) is 15.8 Å². The predicted molar refractivity (Wildman–Crippen MR) is 129 cm³/mol. The minimum absolute atomic E-state index is 0.210. The number of hydrogen-bond donors (Lipinski definition) is 1. The lowest BCUT2D eigenvalue weighted by Gasteiger charge is -2.17. The minimum Gasteiger partial charge on any atom is -0.494 e. The summed E-state index contributed by atoms with van der Waals surface area (Å²) >= 11 is 0. The van der Waals surface area contributed by atoms with Gasteiger partial charge in [0.1, 0.15) is 22.9 Å². The first kappa shape index (κ1) is 23.9. The third-order valence-corrected chi connectivity index (χ3v) is 6.27. The number of carbonyl (C=O) groups excluding carboxylic acids is 1. The average molecular weight is 494 g/mol. The van der Waals surface area contributed by atoms with Crippen molar-refractivity contribution in [2.75, 3.05) is 14.2 Å². The molecule has 0 aliphatic rings. The van der Waals surface area contributed by atoms with Gasteiger partial charge in [0.15, 0.2) is 5.82 Å². The number of carbonyl (C=O) groups is 1. The van der Waals surface area contributed by atoms with Gasteiger partial charge in [-0.1, -0.05) is 42.5 Å². The topological polar surface area (TPSA) is 125 Å². The maximum Gasteiger partial charge on any atom is 0.303 e. The highest BCUT2D eigenvalue weighted by atomic mass is 32.2. The van der Waals surface area contributed by atoms with Crippen LogP contribution in [-0.4, -0.2) is 48.3 Å². The molecule has 0 unspecified atom stereocenters. The van der Waals surface area contributed by atoms with Gasteiger partial charge in [-0.05, 0) is 36.8 Å². The summed E-state index contributed by atoms with van der Waals surface area (Å²) < 4.78 is 40.0. The van der Waals surface area contributed by atoms with E-state index in [1.54, 1.807) is 60.7 Å². The summed E-state index contributed by atoms with van der Waals surface area (Å²) in [6.07, 6.45) is 0. The SMILES string of the molecule is COc1cccc(OC)c1-n1c(C(=O)NS(=O)(=O)Cc2ccccc2)nnc1-c1cccc(C)n1. The molecule has 0 aliphatic carbocycles. The Kier molecular flexibility index (Phi) is 6.78. The summed E-state index contributed by atoms with van der Waals surface area (Å²) in [6, 6.07) is 18.9. The van der Waals surface area contributed by atoms with E-state index in [9.17, 15) is 13.2 Å². The summed E-state index contributed by atoms with van der Waals surface area (Å²) in [7, 11) is -1.09. The van der Waals surface area contributed by atoms with E-state index >= 15 is 0 Å². The lowest BCUT2D eigenvalue weighted by atomic mass is 10.2. The van der Waals surface area contributed by atoms with Crippen LogP contribution in [0, 0.1) is 6.92 Å². The number of rotatable bonds is 8. The van der Waals surface area contributed by atoms with Crippen molar-refractivity contribution in [2.24, 2.45) is 0 Å². The van der Waals surface area contributed by atoms with Crippen LogP contribution >= 0.6 is 0 Å². The van der Waals surface area contributed by atoms with Crippen LogP contribution in [0.3, 0.4) is 0 Å². The molecule has 2 aromatic carbocycles. The lowest BCUT2D eigenvalue weighted by Crippen LogP contribution is -2.33. The van der Waals surface area contributed by atoms with Gasteiger partial charge in [0.25, 0.3) is 0 Å². The molecule has 1 amide bonds. The lowest BCUT2D eigenvalue weighted by molar-refractivity contribution is 0.0969. The van der Waals surface area contributed by atoms with Gasteiger partial charge in [0.2, 0.25) is 15.8 Å². The Balaban J connectivity index is 1.84. The van der Waals surface area contributed by atoms with Gasteiger partial charge in [-0.2, -0.15) is 0 Å². The van der Waals surface area contributed by atoms with Crippen LogP contribution < -0.4 is 14.2 Å². The Morgan fingerprint density at radius 1 is 0.914 bits per heavy atom. The molecule has 180 valence electrons. The van der Waals surface area contributed by atoms with Crippen molar-refractivity contribution in [2.45, 2.75) is 12.7 Å². The largest absolute Gasteiger partial charge is 0.494 e. The molecular formula is C24H23N5O5S. The fourth-order valence-electron chi connectivity index (χ4n) is 3.55. The molecule has 0 radical (unpaired) electrons. The minimum atomic E-state index is -4.03. The number of amides is 1. The molecule has 0 atom stereocenters. The van der Waals surface area contributed by atoms with Crippen molar-refractivity contribution in [3.63, 3.8) is 0 Å². The second kappa shape index (κ2) is 9.94. The third-order valence-electron chi connectivity index (χ3n) is 5.06. The summed E-state index contributed by atoms with van der Waals surface area (Å²) in [5.74, 6) is -0.679. The van der Waals surface area contributed by atoms with E-state index in [0.717, 1.165) is 5.69 Å². The number of aromatic nitrogens is 4. The number of ether oxygens (including phenoxy) is 2. The normalized spacial score (nSPS) is 11.2. The molecule has 0 saturated carbocycles. The first-order chi connectivity index (χ1) is 16.8. The molecule has 10 nitrogen and oxygen atoms in total. The second-order valence-electron chi connectivity index (χ2n) is 7.53. The number of nitrogens with one attached hydrogen (secondary N) is 1. The van der Waals surface area contributed by atoms with Crippen LogP contribution in [0.1, 0.15) is 21.9 Å². The third kappa shape index (κ3) is 5.14. The molecule has 4 rings (SSSR count). The zero-order chi connectivity index (χ0) is 25.0. The smallest absolute Gasteiger partial charge is 0.303 e. The standard InChI is InChI=1S/C24H23N5O5S/c1-16-9-7-12-18(25-16)22-26-27-23(29(22)21-19(33-2)13-8-14-20(21)34-3)24(30)28-35(31,32)15-17-10-5-4-6-11-17/h4-14H,15H2,1-3H3,(H,28,30). The number of methoxy groups -OCH3 is 2. The summed E-state index contributed by atoms with van der Waals surface area (Å²) in [6.45, 7) is 1.82. The fourth-order valence-corrected chi connectivity index (χ4v) is 4.62. The number of para-hydroxylation sites is 1. The molecule has 1 N–H and O–H groups in total. The van der Waals surface area contributed by atoms with Crippen molar-refractivity contribution in [3.05, 3.63) is 83.8 Å². The molecule has 0 saturated heterocycles. The Labute approximate surface area is 202 Å². The Hall–Kier alpha value is -4.25. The van der Waals surface area contributed by atoms with E-state index in [-0.39, 0.29) is 17.4 Å². The molecule has 11 heteroatoms. The number of sulfonamides is 1. The zero-order valence-electron chi connectivity index (χ0n) is 19.3. The first-order valence-corrected chi connectivity index (χ1v) is 12.2. The van der Waals surface area contributed by atoms with Gasteiger partial charge >= 0.3 is 5.91 Å². The molecule has 2 heterocycles. The summed E-state index contributed by atoms with van der Waals surface area (Å²) in [4.78, 5) is 17.7. The molecule has 0 spiro atoms.